The molecule has 12 heteroatoms. The molecule has 0 spiro atoms. The van der Waals surface area contributed by atoms with E-state index < -0.39 is 17.4 Å². The molecule has 0 unspecified atom stereocenters. The molecule has 0 aliphatic rings. The zero-order valence-electron chi connectivity index (χ0n) is 18.1. The zero-order chi connectivity index (χ0) is 24.7. The Morgan fingerprint density at radius 1 is 1.38 bits per heavy atom. The Hall–Kier alpha value is -4.08. The number of pyridine rings is 1. The number of furan rings is 1. The van der Waals surface area contributed by atoms with Crippen molar-refractivity contribution in [1.29, 1.82) is 5.26 Å². The Balaban J connectivity index is 1.64. The summed E-state index contributed by atoms with van der Waals surface area (Å²) >= 11 is 3.38. The second kappa shape index (κ2) is 11.2. The highest BCUT2D eigenvalue weighted by atomic mass is 79.9. The van der Waals surface area contributed by atoms with Gasteiger partial charge in [-0.25, -0.2) is 10.4 Å². The van der Waals surface area contributed by atoms with Crippen LogP contribution < -0.4 is 10.2 Å². The molecular weight excluding hydrogens is 510 g/mol. The van der Waals surface area contributed by atoms with Crippen LogP contribution in [0.3, 0.4) is 0 Å². The Morgan fingerprint density at radius 2 is 2.15 bits per heavy atom. The minimum atomic E-state index is -0.596. The Labute approximate surface area is 202 Å². The van der Waals surface area contributed by atoms with Crippen molar-refractivity contribution in [3.8, 4) is 23.3 Å². The molecule has 1 aromatic carbocycles. The number of benzene rings is 1. The third-order valence-corrected chi connectivity index (χ3v) is 5.53. The predicted molar refractivity (Wildman–Crippen MR) is 124 cm³/mol. The maximum absolute atomic E-state index is 12.1. The van der Waals surface area contributed by atoms with Gasteiger partial charge in [0.1, 0.15) is 23.2 Å². The minimum Gasteiger partial charge on any atom is -0.467 e. The zero-order valence-corrected chi connectivity index (χ0v) is 19.7. The van der Waals surface area contributed by atoms with Crippen LogP contribution in [0.4, 0.5) is 5.69 Å². The smallest absolute Gasteiger partial charge is 0.280 e. The van der Waals surface area contributed by atoms with Crippen LogP contribution in [0.5, 0.6) is 5.88 Å². The number of aryl methyl sites for hydroxylation is 1. The Morgan fingerprint density at radius 3 is 2.85 bits per heavy atom. The molecular formula is C22H18BrN5O6. The summed E-state index contributed by atoms with van der Waals surface area (Å²) < 4.78 is 16.7. The standard InChI is InChI=1S/C22H18BrN5O6/c1-13-21(23)17(11-32-2)16(9-24)22(26-13)33-12-20(29)27-25-10-14-7-8-19(34-14)15-5-3-4-6-18(15)28(30)31/h3-8,10H,11-12H2,1-2H3,(H,27,29). The number of ether oxygens (including phenoxy) is 2. The number of hydrogen-bond donors (Lipinski definition) is 1. The summed E-state index contributed by atoms with van der Waals surface area (Å²) in [5, 5.41) is 24.5. The second-order valence-electron chi connectivity index (χ2n) is 6.77. The summed E-state index contributed by atoms with van der Waals surface area (Å²) in [6, 6.07) is 11.3. The first-order valence-electron chi connectivity index (χ1n) is 9.72. The number of nitro benzene ring substituents is 1. The average Bonchev–Trinajstić information content (AvgIpc) is 3.29. The van der Waals surface area contributed by atoms with E-state index >= 15 is 0 Å². The van der Waals surface area contributed by atoms with E-state index in [1.807, 2.05) is 6.07 Å². The van der Waals surface area contributed by atoms with Crippen LogP contribution in [0, 0.1) is 28.4 Å². The van der Waals surface area contributed by atoms with Crippen molar-refractivity contribution in [1.82, 2.24) is 10.4 Å². The Kier molecular flexibility index (Phi) is 8.07. The fraction of sp³-hybridized carbons (Fsp3) is 0.182. The molecule has 34 heavy (non-hydrogen) atoms. The summed E-state index contributed by atoms with van der Waals surface area (Å²) in [7, 11) is 1.50. The normalized spacial score (nSPS) is 10.8. The van der Waals surface area contributed by atoms with E-state index in [0.29, 0.717) is 21.3 Å². The van der Waals surface area contributed by atoms with Crippen molar-refractivity contribution in [2.24, 2.45) is 5.10 Å². The molecule has 0 aliphatic heterocycles. The largest absolute Gasteiger partial charge is 0.467 e. The van der Waals surface area contributed by atoms with E-state index in [9.17, 15) is 20.2 Å². The van der Waals surface area contributed by atoms with Gasteiger partial charge < -0.3 is 13.9 Å². The maximum Gasteiger partial charge on any atom is 0.280 e. The van der Waals surface area contributed by atoms with Crippen molar-refractivity contribution < 1.29 is 23.6 Å². The predicted octanol–water partition coefficient (Wildman–Crippen LogP) is 3.87. The number of nitrogens with zero attached hydrogens (tertiary/aromatic N) is 4. The molecule has 2 heterocycles. The van der Waals surface area contributed by atoms with E-state index in [4.69, 9.17) is 13.9 Å². The van der Waals surface area contributed by atoms with E-state index in [0.717, 1.165) is 0 Å². The highest BCUT2D eigenvalue weighted by molar-refractivity contribution is 9.10. The summed E-state index contributed by atoms with van der Waals surface area (Å²) in [5.74, 6) is -0.0256. The Bertz CT molecular complexity index is 1300. The van der Waals surface area contributed by atoms with Gasteiger partial charge in [-0.05, 0) is 41.1 Å². The van der Waals surface area contributed by atoms with Crippen LogP contribution in [-0.2, 0) is 16.1 Å². The lowest BCUT2D eigenvalue weighted by Gasteiger charge is -2.13. The number of hydrogen-bond acceptors (Lipinski definition) is 9. The van der Waals surface area contributed by atoms with Crippen molar-refractivity contribution in [3.05, 3.63) is 73.6 Å². The van der Waals surface area contributed by atoms with E-state index in [1.165, 1.54) is 19.4 Å². The summed E-state index contributed by atoms with van der Waals surface area (Å²) in [4.78, 5) is 27.0. The first kappa shape index (κ1) is 24.6. The van der Waals surface area contributed by atoms with Crippen molar-refractivity contribution in [2.75, 3.05) is 13.7 Å². The summed E-state index contributed by atoms with van der Waals surface area (Å²) in [6.45, 7) is 1.45. The molecule has 1 N–H and O–H groups in total. The topological polar surface area (TPSA) is 153 Å². The van der Waals surface area contributed by atoms with Crippen molar-refractivity contribution >= 4 is 33.7 Å². The van der Waals surface area contributed by atoms with Gasteiger partial charge in [-0.2, -0.15) is 10.4 Å². The van der Waals surface area contributed by atoms with Crippen molar-refractivity contribution in [3.63, 3.8) is 0 Å². The molecule has 11 nitrogen and oxygen atoms in total. The highest BCUT2D eigenvalue weighted by Gasteiger charge is 2.19. The van der Waals surface area contributed by atoms with Crippen LogP contribution in [0.2, 0.25) is 0 Å². The first-order chi connectivity index (χ1) is 16.3. The molecule has 0 radical (unpaired) electrons. The summed E-state index contributed by atoms with van der Waals surface area (Å²) in [5.41, 5.74) is 3.81. The molecule has 0 saturated carbocycles. The van der Waals surface area contributed by atoms with Crippen molar-refractivity contribution in [2.45, 2.75) is 13.5 Å². The lowest BCUT2D eigenvalue weighted by atomic mass is 10.1. The quantitative estimate of drug-likeness (QED) is 0.250. The molecule has 0 saturated heterocycles. The highest BCUT2D eigenvalue weighted by Crippen LogP contribution is 2.31. The lowest BCUT2D eigenvalue weighted by Crippen LogP contribution is -2.25. The van der Waals surface area contributed by atoms with Gasteiger partial charge in [0.15, 0.2) is 6.61 Å². The number of nitrogens with one attached hydrogen (secondary N) is 1. The number of amides is 1. The maximum atomic E-state index is 12.1. The molecule has 174 valence electrons. The number of carbonyl (C=O) groups is 1. The third-order valence-electron chi connectivity index (χ3n) is 4.48. The minimum absolute atomic E-state index is 0.00881. The van der Waals surface area contributed by atoms with E-state index in [2.05, 4.69) is 31.4 Å². The van der Waals surface area contributed by atoms with Gasteiger partial charge in [0, 0.05) is 23.2 Å². The van der Waals surface area contributed by atoms with Gasteiger partial charge in [-0.15, -0.1) is 0 Å². The van der Waals surface area contributed by atoms with Crippen LogP contribution in [0.1, 0.15) is 22.6 Å². The molecule has 3 rings (SSSR count). The van der Waals surface area contributed by atoms with Crippen LogP contribution in [-0.4, -0.2) is 35.7 Å². The number of carbonyl (C=O) groups excluding carboxylic acids is 1. The second-order valence-corrected chi connectivity index (χ2v) is 7.57. The number of aromatic nitrogens is 1. The molecule has 3 aromatic rings. The SMILES string of the molecule is COCc1c(Br)c(C)nc(OCC(=O)NN=Cc2ccc(-c3ccccc3[N+](=O)[O-])o2)c1C#N. The number of para-hydroxylation sites is 1. The fourth-order valence-corrected chi connectivity index (χ4v) is 3.36. The van der Waals surface area contributed by atoms with E-state index in [-0.39, 0.29) is 35.3 Å². The van der Waals surface area contributed by atoms with Gasteiger partial charge >= 0.3 is 0 Å². The summed E-state index contributed by atoms with van der Waals surface area (Å²) in [6.07, 6.45) is 1.25. The molecule has 1 amide bonds. The van der Waals surface area contributed by atoms with E-state index in [1.54, 1.807) is 37.3 Å². The van der Waals surface area contributed by atoms with Gasteiger partial charge in [-0.3, -0.25) is 14.9 Å². The number of methoxy groups -OCH3 is 1. The van der Waals surface area contributed by atoms with Gasteiger partial charge in [0.05, 0.1) is 29.0 Å². The van der Waals surface area contributed by atoms with Crippen LogP contribution >= 0.6 is 15.9 Å². The van der Waals surface area contributed by atoms with Gasteiger partial charge in [0.25, 0.3) is 11.6 Å². The number of rotatable bonds is 9. The molecule has 0 bridgehead atoms. The monoisotopic (exact) mass is 527 g/mol. The van der Waals surface area contributed by atoms with Gasteiger partial charge in [-0.1, -0.05) is 12.1 Å². The average molecular weight is 528 g/mol. The van der Waals surface area contributed by atoms with Crippen LogP contribution in [0.15, 0.2) is 50.4 Å². The molecule has 2 aromatic heterocycles. The van der Waals surface area contributed by atoms with Crippen LogP contribution in [0.25, 0.3) is 11.3 Å². The molecule has 0 fully saturated rings. The lowest BCUT2D eigenvalue weighted by molar-refractivity contribution is -0.384. The molecule has 0 aliphatic carbocycles. The first-order valence-corrected chi connectivity index (χ1v) is 10.5. The fourth-order valence-electron chi connectivity index (χ4n) is 2.96. The number of hydrazone groups is 1. The number of nitriles is 1. The number of nitro groups is 1. The number of halogens is 1. The van der Waals surface area contributed by atoms with Gasteiger partial charge in [0.2, 0.25) is 5.88 Å². The molecule has 0 atom stereocenters. The third kappa shape index (κ3) is 5.64.